The van der Waals surface area contributed by atoms with Crippen LogP contribution in [0.1, 0.15) is 18.9 Å². The van der Waals surface area contributed by atoms with Gasteiger partial charge in [0.05, 0.1) is 16.5 Å². The second kappa shape index (κ2) is 9.42. The van der Waals surface area contributed by atoms with Crippen LogP contribution < -0.4 is 10.1 Å². The van der Waals surface area contributed by atoms with Crippen LogP contribution in [0.5, 0.6) is 10.9 Å². The Bertz CT molecular complexity index is 1150. The molecule has 1 aromatic heterocycles. The molecule has 2 heterocycles. The van der Waals surface area contributed by atoms with Gasteiger partial charge in [-0.05, 0) is 61.2 Å². The van der Waals surface area contributed by atoms with Crippen LogP contribution in [0.4, 0.5) is 0 Å². The first-order valence-electron chi connectivity index (χ1n) is 10.3. The van der Waals surface area contributed by atoms with Crippen LogP contribution in [0.3, 0.4) is 0 Å². The highest BCUT2D eigenvalue weighted by Gasteiger charge is 2.34. The lowest BCUT2D eigenvalue weighted by Gasteiger charge is -2.22. The van der Waals surface area contributed by atoms with Gasteiger partial charge in [0.15, 0.2) is 0 Å². The van der Waals surface area contributed by atoms with Crippen molar-refractivity contribution in [3.8, 4) is 10.9 Å². The number of rotatable bonds is 8. The zero-order chi connectivity index (χ0) is 22.0. The monoisotopic (exact) mass is 479 g/mol. The number of ether oxygens (including phenoxy) is 1. The highest BCUT2D eigenvalue weighted by atomic mass is 35.5. The van der Waals surface area contributed by atoms with E-state index in [-0.39, 0.29) is 6.04 Å². The molecular weight excluding hydrogens is 454 g/mol. The minimum Gasteiger partial charge on any atom is -0.431 e. The van der Waals surface area contributed by atoms with Crippen LogP contribution in [-0.4, -0.2) is 49.6 Å². The normalized spacial score (nSPS) is 19.8. The molecule has 2 unspecified atom stereocenters. The van der Waals surface area contributed by atoms with Gasteiger partial charge in [-0.1, -0.05) is 42.0 Å². The van der Waals surface area contributed by atoms with Crippen molar-refractivity contribution in [1.29, 1.82) is 0 Å². The first-order chi connectivity index (χ1) is 14.8. The maximum Gasteiger partial charge on any atom is 0.279 e. The van der Waals surface area contributed by atoms with Crippen molar-refractivity contribution < 1.29 is 13.2 Å². The van der Waals surface area contributed by atoms with E-state index in [4.69, 9.17) is 16.3 Å². The van der Waals surface area contributed by atoms with E-state index in [1.165, 1.54) is 23.2 Å². The van der Waals surface area contributed by atoms with Crippen molar-refractivity contribution in [2.75, 3.05) is 25.9 Å². The van der Waals surface area contributed by atoms with E-state index in [0.717, 1.165) is 35.4 Å². The smallest absolute Gasteiger partial charge is 0.279 e. The van der Waals surface area contributed by atoms with E-state index >= 15 is 0 Å². The zero-order valence-electron chi connectivity index (χ0n) is 17.5. The fraction of sp³-hybridized carbons (Fsp3) is 0.409. The molecule has 1 saturated heterocycles. The Morgan fingerprint density at radius 2 is 2.03 bits per heavy atom. The summed E-state index contributed by atoms with van der Waals surface area (Å²) in [4.78, 5) is 4.48. The van der Waals surface area contributed by atoms with Crippen molar-refractivity contribution in [2.24, 2.45) is 5.92 Å². The van der Waals surface area contributed by atoms with E-state index in [2.05, 4.69) is 17.2 Å². The summed E-state index contributed by atoms with van der Waals surface area (Å²) in [5.41, 5.74) is 2.06. The van der Waals surface area contributed by atoms with Crippen LogP contribution in [-0.2, 0) is 16.4 Å². The summed E-state index contributed by atoms with van der Waals surface area (Å²) in [5, 5.41) is 4.69. The lowest BCUT2D eigenvalue weighted by atomic mass is 10.1. The van der Waals surface area contributed by atoms with Gasteiger partial charge in [0.2, 0.25) is 10.0 Å². The summed E-state index contributed by atoms with van der Waals surface area (Å²) >= 11 is 7.50. The minimum absolute atomic E-state index is 0.0458. The Kier molecular flexibility index (Phi) is 6.83. The number of sulfonamides is 1. The van der Waals surface area contributed by atoms with E-state index in [9.17, 15) is 8.42 Å². The maximum absolute atomic E-state index is 11.9. The third-order valence-electron chi connectivity index (χ3n) is 5.43. The van der Waals surface area contributed by atoms with Crippen LogP contribution in [0.25, 0.3) is 10.2 Å². The van der Waals surface area contributed by atoms with Gasteiger partial charge in [-0.3, -0.25) is 0 Å². The lowest BCUT2D eigenvalue weighted by Crippen LogP contribution is -2.41. The van der Waals surface area contributed by atoms with E-state index in [0.29, 0.717) is 29.2 Å². The summed E-state index contributed by atoms with van der Waals surface area (Å²) in [6.07, 6.45) is 3.07. The molecular formula is C22H26ClN3O3S2. The minimum atomic E-state index is -3.15. The molecule has 0 bridgehead atoms. The lowest BCUT2D eigenvalue weighted by molar-refractivity contribution is 0.375. The highest BCUT2D eigenvalue weighted by molar-refractivity contribution is 7.88. The number of benzene rings is 2. The molecule has 1 aliphatic rings. The highest BCUT2D eigenvalue weighted by Crippen LogP contribution is 2.32. The second-order valence-corrected chi connectivity index (χ2v) is 11.5. The summed E-state index contributed by atoms with van der Waals surface area (Å²) in [6, 6.07) is 13.6. The molecule has 1 aliphatic heterocycles. The first-order valence-corrected chi connectivity index (χ1v) is 13.3. The average molecular weight is 480 g/mol. The third-order valence-corrected chi connectivity index (χ3v) is 7.86. The fourth-order valence-corrected chi connectivity index (χ4v) is 6.29. The summed E-state index contributed by atoms with van der Waals surface area (Å²) in [7, 11) is -3.15. The van der Waals surface area contributed by atoms with E-state index in [1.54, 1.807) is 4.31 Å². The quantitative estimate of drug-likeness (QED) is 0.480. The number of hydrogen-bond acceptors (Lipinski definition) is 6. The van der Waals surface area contributed by atoms with E-state index < -0.39 is 10.0 Å². The number of fused-ring (bicyclic) bond motifs is 1. The van der Waals surface area contributed by atoms with Gasteiger partial charge in [0, 0.05) is 24.2 Å². The van der Waals surface area contributed by atoms with Gasteiger partial charge < -0.3 is 10.1 Å². The van der Waals surface area contributed by atoms with Gasteiger partial charge in [-0.15, -0.1) is 0 Å². The molecule has 6 nitrogen and oxygen atoms in total. The molecule has 0 saturated carbocycles. The Morgan fingerprint density at radius 1 is 1.26 bits per heavy atom. The Morgan fingerprint density at radius 3 is 2.77 bits per heavy atom. The molecule has 31 heavy (non-hydrogen) atoms. The van der Waals surface area contributed by atoms with Crippen LogP contribution in [0.2, 0.25) is 5.02 Å². The SMILES string of the molecule is CC1CC(CNCCc2ccc(Oc3nc4ccc(Cl)cc4s3)cc2)N(S(C)(=O)=O)C1. The van der Waals surface area contributed by atoms with Crippen molar-refractivity contribution >= 4 is 43.2 Å². The number of nitrogens with one attached hydrogen (secondary N) is 1. The van der Waals surface area contributed by atoms with E-state index in [1.807, 2.05) is 42.5 Å². The Hall–Kier alpha value is -1.71. The largest absolute Gasteiger partial charge is 0.431 e. The average Bonchev–Trinajstić information content (AvgIpc) is 3.28. The summed E-state index contributed by atoms with van der Waals surface area (Å²) < 4.78 is 32.4. The molecule has 166 valence electrons. The predicted molar refractivity (Wildman–Crippen MR) is 127 cm³/mol. The van der Waals surface area contributed by atoms with Crippen molar-refractivity contribution in [3.63, 3.8) is 0 Å². The zero-order valence-corrected chi connectivity index (χ0v) is 19.9. The molecule has 0 radical (unpaired) electrons. The second-order valence-electron chi connectivity index (χ2n) is 8.12. The third kappa shape index (κ3) is 5.75. The molecule has 2 atom stereocenters. The van der Waals surface area contributed by atoms with Gasteiger partial charge in [-0.2, -0.15) is 4.31 Å². The molecule has 4 rings (SSSR count). The predicted octanol–water partition coefficient (Wildman–Crippen LogP) is 4.54. The van der Waals surface area contributed by atoms with Gasteiger partial charge in [0.1, 0.15) is 5.75 Å². The van der Waals surface area contributed by atoms with Crippen LogP contribution >= 0.6 is 22.9 Å². The Labute approximate surface area is 192 Å². The molecule has 0 amide bonds. The number of halogens is 1. The summed E-state index contributed by atoms with van der Waals surface area (Å²) in [6.45, 7) is 4.20. The van der Waals surface area contributed by atoms with Crippen molar-refractivity contribution in [2.45, 2.75) is 25.8 Å². The van der Waals surface area contributed by atoms with Crippen molar-refractivity contribution in [1.82, 2.24) is 14.6 Å². The first kappa shape index (κ1) is 22.5. The molecule has 0 aliphatic carbocycles. The van der Waals surface area contributed by atoms with Crippen LogP contribution in [0.15, 0.2) is 42.5 Å². The standard InChI is InChI=1S/C22H26ClN3O3S2/c1-15-11-18(26(14-15)31(2,27)28)13-24-10-9-16-3-6-19(7-4-16)29-22-25-20-8-5-17(23)12-21(20)30-22/h3-8,12,15,18,24H,9-11,13-14H2,1-2H3. The Balaban J connectivity index is 1.27. The van der Waals surface area contributed by atoms with Crippen molar-refractivity contribution in [3.05, 3.63) is 53.1 Å². The number of nitrogens with zero attached hydrogens (tertiary/aromatic N) is 2. The van der Waals surface area contributed by atoms with Gasteiger partial charge >= 0.3 is 0 Å². The molecule has 2 aromatic carbocycles. The molecule has 1 fully saturated rings. The van der Waals surface area contributed by atoms with Crippen LogP contribution in [0, 0.1) is 5.92 Å². The topological polar surface area (TPSA) is 71.5 Å². The number of hydrogen-bond donors (Lipinski definition) is 1. The fourth-order valence-electron chi connectivity index (χ4n) is 3.95. The van der Waals surface area contributed by atoms with Gasteiger partial charge in [0.25, 0.3) is 5.19 Å². The number of thiazole rings is 1. The molecule has 1 N–H and O–H groups in total. The summed E-state index contributed by atoms with van der Waals surface area (Å²) in [5.74, 6) is 1.15. The van der Waals surface area contributed by atoms with Gasteiger partial charge in [-0.25, -0.2) is 13.4 Å². The molecule has 0 spiro atoms. The molecule has 3 aromatic rings. The number of aromatic nitrogens is 1. The molecule has 9 heteroatoms. The maximum atomic E-state index is 11.9.